The highest BCUT2D eigenvalue weighted by Gasteiger charge is 2.07. The highest BCUT2D eigenvalue weighted by atomic mass is 35.5. The van der Waals surface area contributed by atoms with Crippen LogP contribution >= 0.6 is 11.6 Å². The van der Waals surface area contributed by atoms with Crippen molar-refractivity contribution in [1.29, 1.82) is 0 Å². The van der Waals surface area contributed by atoms with E-state index in [-0.39, 0.29) is 6.10 Å². The molecule has 15 heavy (non-hydrogen) atoms. The summed E-state index contributed by atoms with van der Waals surface area (Å²) < 4.78 is 2.11. The average molecular weight is 224 g/mol. The first-order valence-electron chi connectivity index (χ1n) is 5.01. The third-order valence-corrected chi connectivity index (χ3v) is 2.75. The second-order valence-electron chi connectivity index (χ2n) is 3.95. The molecule has 1 aromatic carbocycles. The molecule has 2 nitrogen and oxygen atoms in total. The Morgan fingerprint density at radius 1 is 1.40 bits per heavy atom. The van der Waals surface area contributed by atoms with Crippen LogP contribution in [-0.2, 0) is 6.54 Å². The van der Waals surface area contributed by atoms with Gasteiger partial charge in [0.25, 0.3) is 0 Å². The predicted molar refractivity (Wildman–Crippen MR) is 63.4 cm³/mol. The Labute approximate surface area is 94.1 Å². The zero-order valence-electron chi connectivity index (χ0n) is 8.87. The molecule has 2 aromatic rings. The fraction of sp³-hybridized carbons (Fsp3) is 0.333. The smallest absolute Gasteiger partial charge is 0.0691 e. The van der Waals surface area contributed by atoms with Gasteiger partial charge in [0.05, 0.1) is 6.10 Å². The SMILES string of the molecule is Cc1cc2cc(Cl)ccc2n1CC(C)O. The van der Waals surface area contributed by atoms with Crippen molar-refractivity contribution >= 4 is 22.5 Å². The van der Waals surface area contributed by atoms with Gasteiger partial charge in [-0.3, -0.25) is 0 Å². The highest BCUT2D eigenvalue weighted by molar-refractivity contribution is 6.31. The van der Waals surface area contributed by atoms with Crippen LogP contribution < -0.4 is 0 Å². The average Bonchev–Trinajstić information content (AvgIpc) is 2.41. The van der Waals surface area contributed by atoms with Gasteiger partial charge in [-0.25, -0.2) is 0 Å². The maximum atomic E-state index is 9.42. The van der Waals surface area contributed by atoms with Gasteiger partial charge in [0.15, 0.2) is 0 Å². The van der Waals surface area contributed by atoms with Gasteiger partial charge in [-0.05, 0) is 38.1 Å². The minimum absolute atomic E-state index is 0.338. The second-order valence-corrected chi connectivity index (χ2v) is 4.38. The third-order valence-electron chi connectivity index (χ3n) is 2.52. The molecular formula is C12H14ClNO. The summed E-state index contributed by atoms with van der Waals surface area (Å²) in [6.07, 6.45) is -0.338. The van der Waals surface area contributed by atoms with Crippen LogP contribution in [0.2, 0.25) is 5.02 Å². The van der Waals surface area contributed by atoms with Crippen molar-refractivity contribution in [2.24, 2.45) is 0 Å². The Morgan fingerprint density at radius 2 is 2.13 bits per heavy atom. The molecule has 3 heteroatoms. The van der Waals surface area contributed by atoms with E-state index >= 15 is 0 Å². The molecule has 0 fully saturated rings. The van der Waals surface area contributed by atoms with Crippen molar-refractivity contribution in [1.82, 2.24) is 4.57 Å². The number of aromatic nitrogens is 1. The van der Waals surface area contributed by atoms with E-state index in [1.165, 1.54) is 0 Å². The molecule has 0 amide bonds. The number of benzene rings is 1. The zero-order valence-corrected chi connectivity index (χ0v) is 9.62. The molecule has 0 saturated carbocycles. The third kappa shape index (κ3) is 2.01. The largest absolute Gasteiger partial charge is 0.392 e. The number of halogens is 1. The van der Waals surface area contributed by atoms with Crippen LogP contribution in [0.3, 0.4) is 0 Å². The van der Waals surface area contributed by atoms with Crippen LogP contribution in [0.5, 0.6) is 0 Å². The van der Waals surface area contributed by atoms with Crippen molar-refractivity contribution in [3.05, 3.63) is 35.0 Å². The Bertz CT molecular complexity index is 488. The quantitative estimate of drug-likeness (QED) is 0.832. The number of aliphatic hydroxyl groups is 1. The van der Waals surface area contributed by atoms with E-state index in [1.54, 1.807) is 6.92 Å². The first-order valence-corrected chi connectivity index (χ1v) is 5.39. The van der Waals surface area contributed by atoms with E-state index in [0.29, 0.717) is 6.54 Å². The molecule has 1 atom stereocenters. The summed E-state index contributed by atoms with van der Waals surface area (Å²) in [7, 11) is 0. The molecular weight excluding hydrogens is 210 g/mol. The molecule has 2 rings (SSSR count). The summed E-state index contributed by atoms with van der Waals surface area (Å²) in [5.74, 6) is 0. The number of rotatable bonds is 2. The lowest BCUT2D eigenvalue weighted by Crippen LogP contribution is -2.12. The molecule has 0 saturated heterocycles. The van der Waals surface area contributed by atoms with Gasteiger partial charge in [0, 0.05) is 28.2 Å². The summed E-state index contributed by atoms with van der Waals surface area (Å²) in [5.41, 5.74) is 2.27. The van der Waals surface area contributed by atoms with E-state index in [2.05, 4.69) is 10.6 Å². The van der Waals surface area contributed by atoms with Crippen molar-refractivity contribution in [2.45, 2.75) is 26.5 Å². The van der Waals surface area contributed by atoms with E-state index in [4.69, 9.17) is 11.6 Å². The lowest BCUT2D eigenvalue weighted by molar-refractivity contribution is 0.174. The molecule has 0 spiro atoms. The van der Waals surface area contributed by atoms with Gasteiger partial charge in [0.1, 0.15) is 0 Å². The Balaban J connectivity index is 2.58. The van der Waals surface area contributed by atoms with Gasteiger partial charge in [-0.1, -0.05) is 11.6 Å². The summed E-state index contributed by atoms with van der Waals surface area (Å²) in [6, 6.07) is 7.90. The van der Waals surface area contributed by atoms with Gasteiger partial charge in [0.2, 0.25) is 0 Å². The molecule has 0 aliphatic heterocycles. The van der Waals surface area contributed by atoms with E-state index < -0.39 is 0 Å². The molecule has 1 heterocycles. The van der Waals surface area contributed by atoms with Gasteiger partial charge >= 0.3 is 0 Å². The normalized spacial score (nSPS) is 13.3. The maximum absolute atomic E-state index is 9.42. The lowest BCUT2D eigenvalue weighted by Gasteiger charge is -2.10. The monoisotopic (exact) mass is 223 g/mol. The van der Waals surface area contributed by atoms with Crippen LogP contribution in [0.25, 0.3) is 10.9 Å². The summed E-state index contributed by atoms with van der Waals surface area (Å²) in [4.78, 5) is 0. The molecule has 0 aliphatic carbocycles. The van der Waals surface area contributed by atoms with Crippen LogP contribution in [-0.4, -0.2) is 15.8 Å². The van der Waals surface area contributed by atoms with Crippen LogP contribution in [0, 0.1) is 6.92 Å². The number of hydrogen-bond acceptors (Lipinski definition) is 1. The molecule has 1 unspecified atom stereocenters. The van der Waals surface area contributed by atoms with E-state index in [0.717, 1.165) is 21.6 Å². The number of aliphatic hydroxyl groups excluding tert-OH is 1. The van der Waals surface area contributed by atoms with Crippen LogP contribution in [0.15, 0.2) is 24.3 Å². The second kappa shape index (κ2) is 3.87. The minimum Gasteiger partial charge on any atom is -0.392 e. The Hall–Kier alpha value is -0.990. The Morgan fingerprint density at radius 3 is 2.80 bits per heavy atom. The standard InChI is InChI=1S/C12H14ClNO/c1-8-5-10-6-11(13)3-4-12(10)14(8)7-9(2)15/h3-6,9,15H,7H2,1-2H3. The fourth-order valence-electron chi connectivity index (χ4n) is 1.89. The maximum Gasteiger partial charge on any atom is 0.0691 e. The van der Waals surface area contributed by atoms with Crippen molar-refractivity contribution in [3.8, 4) is 0 Å². The van der Waals surface area contributed by atoms with E-state index in [1.807, 2.05) is 25.1 Å². The van der Waals surface area contributed by atoms with Gasteiger partial charge in [-0.2, -0.15) is 0 Å². The summed E-state index contributed by atoms with van der Waals surface area (Å²) >= 11 is 5.93. The Kier molecular flexibility index (Phi) is 2.72. The van der Waals surface area contributed by atoms with Crippen molar-refractivity contribution in [3.63, 3.8) is 0 Å². The lowest BCUT2D eigenvalue weighted by atomic mass is 10.2. The van der Waals surface area contributed by atoms with Crippen molar-refractivity contribution < 1.29 is 5.11 Å². The molecule has 1 N–H and O–H groups in total. The fourth-order valence-corrected chi connectivity index (χ4v) is 2.07. The van der Waals surface area contributed by atoms with Crippen molar-refractivity contribution in [2.75, 3.05) is 0 Å². The number of fused-ring (bicyclic) bond motifs is 1. The van der Waals surface area contributed by atoms with Gasteiger partial charge < -0.3 is 9.67 Å². The molecule has 0 radical (unpaired) electrons. The summed E-state index contributed by atoms with van der Waals surface area (Å²) in [6.45, 7) is 4.45. The first kappa shape index (κ1) is 10.5. The van der Waals surface area contributed by atoms with Crippen LogP contribution in [0.1, 0.15) is 12.6 Å². The molecule has 1 aromatic heterocycles. The minimum atomic E-state index is -0.338. The van der Waals surface area contributed by atoms with Crippen LogP contribution in [0.4, 0.5) is 0 Å². The highest BCUT2D eigenvalue weighted by Crippen LogP contribution is 2.23. The predicted octanol–water partition coefficient (Wildman–Crippen LogP) is 2.98. The topological polar surface area (TPSA) is 25.2 Å². The summed E-state index contributed by atoms with van der Waals surface area (Å²) in [5, 5.41) is 11.3. The molecule has 80 valence electrons. The van der Waals surface area contributed by atoms with E-state index in [9.17, 15) is 5.11 Å². The number of aryl methyl sites for hydroxylation is 1. The first-order chi connectivity index (χ1) is 7.08. The zero-order chi connectivity index (χ0) is 11.0. The number of nitrogens with zero attached hydrogens (tertiary/aromatic N) is 1. The molecule has 0 aliphatic rings. The molecule has 0 bridgehead atoms. The van der Waals surface area contributed by atoms with Gasteiger partial charge in [-0.15, -0.1) is 0 Å². The number of hydrogen-bond donors (Lipinski definition) is 1.